The number of carbonyl (C=O) groups excluding carboxylic acids is 1. The van der Waals surface area contributed by atoms with Crippen LogP contribution in [-0.4, -0.2) is 36.6 Å². The topological polar surface area (TPSA) is 72.9 Å². The van der Waals surface area contributed by atoms with Crippen molar-refractivity contribution in [3.8, 4) is 0 Å². The van der Waals surface area contributed by atoms with Crippen LogP contribution in [0.15, 0.2) is 72.8 Å². The number of hydrogen-bond acceptors (Lipinski definition) is 4. The van der Waals surface area contributed by atoms with E-state index in [-0.39, 0.29) is 17.0 Å². The molecule has 196 valence electrons. The molecule has 1 amide bonds. The number of carboxylic acids is 1. The lowest BCUT2D eigenvalue weighted by molar-refractivity contribution is -0.0167. The molecule has 4 fully saturated rings. The SMILES string of the molecule is CN(c1ccc(N(C)c2ccccc2C(=O)O)cc1)c1cccc(C(=O)NC23CC4CC(CC(C4)C2)C3)c1. The van der Waals surface area contributed by atoms with E-state index in [9.17, 15) is 14.7 Å². The van der Waals surface area contributed by atoms with Crippen molar-refractivity contribution >= 4 is 34.6 Å². The van der Waals surface area contributed by atoms with E-state index in [1.165, 1.54) is 19.3 Å². The fraction of sp³-hybridized carbons (Fsp3) is 0.375. The van der Waals surface area contributed by atoms with Crippen LogP contribution in [0.25, 0.3) is 0 Å². The number of benzene rings is 3. The number of rotatable bonds is 7. The Morgan fingerprint density at radius 2 is 1.34 bits per heavy atom. The average Bonchev–Trinajstić information content (AvgIpc) is 2.91. The molecule has 4 saturated carbocycles. The zero-order valence-corrected chi connectivity index (χ0v) is 22.1. The van der Waals surface area contributed by atoms with Gasteiger partial charge in [0.05, 0.1) is 11.3 Å². The van der Waals surface area contributed by atoms with E-state index in [0.29, 0.717) is 11.3 Å². The molecule has 2 N–H and O–H groups in total. The van der Waals surface area contributed by atoms with E-state index in [4.69, 9.17) is 0 Å². The molecular formula is C32H35N3O3. The summed E-state index contributed by atoms with van der Waals surface area (Å²) in [4.78, 5) is 29.0. The first-order valence-corrected chi connectivity index (χ1v) is 13.6. The number of para-hydroxylation sites is 1. The van der Waals surface area contributed by atoms with Crippen molar-refractivity contribution in [1.29, 1.82) is 0 Å². The highest BCUT2D eigenvalue weighted by Crippen LogP contribution is 2.55. The van der Waals surface area contributed by atoms with Gasteiger partial charge in [0, 0.05) is 42.3 Å². The molecule has 0 unspecified atom stereocenters. The summed E-state index contributed by atoms with van der Waals surface area (Å²) in [6.45, 7) is 0. The van der Waals surface area contributed by atoms with Crippen LogP contribution < -0.4 is 15.1 Å². The Kier molecular flexibility index (Phi) is 6.13. The van der Waals surface area contributed by atoms with Gasteiger partial charge >= 0.3 is 5.97 Å². The molecule has 4 aliphatic carbocycles. The summed E-state index contributed by atoms with van der Waals surface area (Å²) < 4.78 is 0. The Bertz CT molecular complexity index is 1330. The molecule has 0 atom stereocenters. The number of nitrogens with zero attached hydrogens (tertiary/aromatic N) is 2. The van der Waals surface area contributed by atoms with Crippen LogP contribution in [0.2, 0.25) is 0 Å². The van der Waals surface area contributed by atoms with Gasteiger partial charge < -0.3 is 20.2 Å². The quantitative estimate of drug-likeness (QED) is 0.375. The van der Waals surface area contributed by atoms with E-state index in [0.717, 1.165) is 54.1 Å². The van der Waals surface area contributed by atoms with Gasteiger partial charge in [-0.05, 0) is 111 Å². The number of hydrogen-bond donors (Lipinski definition) is 2. The predicted molar refractivity (Wildman–Crippen MR) is 151 cm³/mol. The highest BCUT2D eigenvalue weighted by Gasteiger charge is 2.51. The molecule has 0 radical (unpaired) electrons. The number of aromatic carboxylic acids is 1. The Balaban J connectivity index is 1.17. The number of amides is 1. The van der Waals surface area contributed by atoms with E-state index in [1.54, 1.807) is 12.1 Å². The van der Waals surface area contributed by atoms with Gasteiger partial charge in [-0.2, -0.15) is 0 Å². The lowest BCUT2D eigenvalue weighted by atomic mass is 9.53. The summed E-state index contributed by atoms with van der Waals surface area (Å²) >= 11 is 0. The fourth-order valence-electron chi connectivity index (χ4n) is 7.57. The summed E-state index contributed by atoms with van der Waals surface area (Å²) in [5.41, 5.74) is 4.41. The molecular weight excluding hydrogens is 474 g/mol. The van der Waals surface area contributed by atoms with E-state index >= 15 is 0 Å². The monoisotopic (exact) mass is 509 g/mol. The first-order chi connectivity index (χ1) is 18.3. The Morgan fingerprint density at radius 3 is 1.95 bits per heavy atom. The van der Waals surface area contributed by atoms with Crippen LogP contribution in [-0.2, 0) is 0 Å². The van der Waals surface area contributed by atoms with Gasteiger partial charge in [-0.25, -0.2) is 4.79 Å². The van der Waals surface area contributed by atoms with Crippen molar-refractivity contribution in [3.05, 3.63) is 83.9 Å². The van der Waals surface area contributed by atoms with Crippen LogP contribution in [0.3, 0.4) is 0 Å². The maximum absolute atomic E-state index is 13.4. The first kappa shape index (κ1) is 24.5. The smallest absolute Gasteiger partial charge is 0.337 e. The minimum Gasteiger partial charge on any atom is -0.478 e. The molecule has 3 aromatic rings. The van der Waals surface area contributed by atoms with Gasteiger partial charge in [-0.15, -0.1) is 0 Å². The second-order valence-corrected chi connectivity index (χ2v) is 11.7. The number of nitrogens with one attached hydrogen (secondary N) is 1. The van der Waals surface area contributed by atoms with Gasteiger partial charge in [0.25, 0.3) is 5.91 Å². The first-order valence-electron chi connectivity index (χ1n) is 13.6. The largest absolute Gasteiger partial charge is 0.478 e. The maximum atomic E-state index is 13.4. The van der Waals surface area contributed by atoms with Crippen molar-refractivity contribution in [2.24, 2.45) is 17.8 Å². The van der Waals surface area contributed by atoms with Gasteiger partial charge in [0.2, 0.25) is 0 Å². The van der Waals surface area contributed by atoms with E-state index < -0.39 is 5.97 Å². The van der Waals surface area contributed by atoms with E-state index in [2.05, 4.69) is 10.2 Å². The third-order valence-corrected chi connectivity index (χ3v) is 9.03. The molecule has 0 spiro atoms. The fourth-order valence-corrected chi connectivity index (χ4v) is 7.57. The number of carboxylic acid groups (broad SMARTS) is 1. The predicted octanol–water partition coefficient (Wildman–Crippen LogP) is 6.62. The van der Waals surface area contributed by atoms with Crippen molar-refractivity contribution in [1.82, 2.24) is 5.32 Å². The van der Waals surface area contributed by atoms with Crippen molar-refractivity contribution < 1.29 is 14.7 Å². The third kappa shape index (κ3) is 4.53. The minimum absolute atomic E-state index is 0.00510. The Morgan fingerprint density at radius 1 is 0.763 bits per heavy atom. The highest BCUT2D eigenvalue weighted by atomic mass is 16.4. The molecule has 3 aromatic carbocycles. The molecule has 0 aliphatic heterocycles. The standard InChI is InChI=1S/C32H35N3O3/c1-34(25-10-12-26(13-11-25)35(2)29-9-4-3-8-28(29)31(37)38)27-7-5-6-24(17-27)30(36)33-32-18-21-14-22(19-32)16-23(15-21)20-32/h3-13,17,21-23H,14-16,18-20H2,1-2H3,(H,33,36)(H,37,38). The lowest BCUT2D eigenvalue weighted by Gasteiger charge is -2.56. The molecule has 0 aromatic heterocycles. The summed E-state index contributed by atoms with van der Waals surface area (Å²) in [6.07, 6.45) is 7.49. The second-order valence-electron chi connectivity index (χ2n) is 11.7. The summed E-state index contributed by atoms with van der Waals surface area (Å²) in [6, 6.07) is 22.8. The summed E-state index contributed by atoms with van der Waals surface area (Å²) in [5.74, 6) is 1.46. The zero-order chi connectivity index (χ0) is 26.4. The molecule has 0 saturated heterocycles. The zero-order valence-electron chi connectivity index (χ0n) is 22.1. The average molecular weight is 510 g/mol. The number of anilines is 4. The molecule has 6 nitrogen and oxygen atoms in total. The Labute approximate surface area is 224 Å². The Hall–Kier alpha value is -3.80. The maximum Gasteiger partial charge on any atom is 0.337 e. The van der Waals surface area contributed by atoms with Gasteiger partial charge in [-0.1, -0.05) is 18.2 Å². The number of carbonyl (C=O) groups is 2. The van der Waals surface area contributed by atoms with Crippen LogP contribution in [0, 0.1) is 17.8 Å². The molecule has 4 aliphatic rings. The molecule has 0 heterocycles. The summed E-state index contributed by atoms with van der Waals surface area (Å²) in [7, 11) is 3.86. The van der Waals surface area contributed by atoms with Crippen LogP contribution >= 0.6 is 0 Å². The van der Waals surface area contributed by atoms with Gasteiger partial charge in [0.1, 0.15) is 0 Å². The van der Waals surface area contributed by atoms with E-state index in [1.807, 2.05) is 79.7 Å². The van der Waals surface area contributed by atoms with Crippen molar-refractivity contribution in [2.45, 2.75) is 44.1 Å². The highest BCUT2D eigenvalue weighted by molar-refractivity contribution is 5.96. The van der Waals surface area contributed by atoms with Gasteiger partial charge in [-0.3, -0.25) is 4.79 Å². The minimum atomic E-state index is -0.948. The lowest BCUT2D eigenvalue weighted by Crippen LogP contribution is -2.59. The van der Waals surface area contributed by atoms with Gasteiger partial charge in [0.15, 0.2) is 0 Å². The van der Waals surface area contributed by atoms with Crippen LogP contribution in [0.4, 0.5) is 22.7 Å². The third-order valence-electron chi connectivity index (χ3n) is 9.03. The molecule has 6 heteroatoms. The van der Waals surface area contributed by atoms with Crippen LogP contribution in [0.5, 0.6) is 0 Å². The summed E-state index contributed by atoms with van der Waals surface area (Å²) in [5, 5.41) is 13.0. The van der Waals surface area contributed by atoms with Crippen LogP contribution in [0.1, 0.15) is 59.2 Å². The molecule has 7 rings (SSSR count). The second kappa shape index (κ2) is 9.50. The van der Waals surface area contributed by atoms with Crippen molar-refractivity contribution in [2.75, 3.05) is 23.9 Å². The molecule has 4 bridgehead atoms. The molecule has 38 heavy (non-hydrogen) atoms. The van der Waals surface area contributed by atoms with Crippen molar-refractivity contribution in [3.63, 3.8) is 0 Å². The normalized spacial score (nSPS) is 25.2.